The number of imidazole rings is 1. The topological polar surface area (TPSA) is 79.9 Å². The lowest BCUT2D eigenvalue weighted by atomic mass is 10.1. The van der Waals surface area contributed by atoms with Crippen LogP contribution in [0.15, 0.2) is 29.1 Å². The van der Waals surface area contributed by atoms with Gasteiger partial charge in [0.1, 0.15) is 5.56 Å². The molecule has 0 unspecified atom stereocenters. The molecule has 2 N–H and O–H groups in total. The molecular weight excluding hydrogens is 294 g/mol. The van der Waals surface area contributed by atoms with Gasteiger partial charge in [0.2, 0.25) is 0 Å². The molecule has 0 saturated carbocycles. The second-order valence-electron chi connectivity index (χ2n) is 5.48. The summed E-state index contributed by atoms with van der Waals surface area (Å²) in [4.78, 5) is 30.8. The Bertz CT molecular complexity index is 930. The Hall–Kier alpha value is -2.76. The Morgan fingerprint density at radius 2 is 2.00 bits per heavy atom. The zero-order valence-corrected chi connectivity index (χ0v) is 13.4. The van der Waals surface area contributed by atoms with Gasteiger partial charge in [0.05, 0.1) is 23.8 Å². The number of esters is 1. The summed E-state index contributed by atoms with van der Waals surface area (Å²) in [5.74, 6) is -0.451. The number of aryl methyl sites for hydroxylation is 2. The predicted molar refractivity (Wildman–Crippen MR) is 88.3 cm³/mol. The van der Waals surface area contributed by atoms with Crippen LogP contribution in [0.1, 0.15) is 35.1 Å². The number of aromatic nitrogens is 3. The van der Waals surface area contributed by atoms with E-state index in [1.807, 2.05) is 31.2 Å². The molecule has 23 heavy (non-hydrogen) atoms. The summed E-state index contributed by atoms with van der Waals surface area (Å²) < 4.78 is 6.47. The van der Waals surface area contributed by atoms with Gasteiger partial charge < -0.3 is 14.7 Å². The minimum Gasteiger partial charge on any atom is -0.465 e. The Morgan fingerprint density at radius 1 is 1.26 bits per heavy atom. The molecule has 1 aromatic carbocycles. The van der Waals surface area contributed by atoms with Crippen molar-refractivity contribution in [2.45, 2.75) is 26.7 Å². The van der Waals surface area contributed by atoms with Gasteiger partial charge in [-0.3, -0.25) is 4.57 Å². The summed E-state index contributed by atoms with van der Waals surface area (Å²) in [6, 6.07) is 7.42. The summed E-state index contributed by atoms with van der Waals surface area (Å²) in [5, 5.41) is 0. The molecule has 2 heterocycles. The molecule has 0 radical (unpaired) electrons. The van der Waals surface area contributed by atoms with Crippen LogP contribution in [-0.2, 0) is 11.2 Å². The number of carbonyl (C=O) groups excluding carboxylic acids is 1. The first-order valence-corrected chi connectivity index (χ1v) is 7.58. The maximum absolute atomic E-state index is 12.5. The first-order chi connectivity index (χ1) is 11.1. The highest BCUT2D eigenvalue weighted by Gasteiger charge is 2.25. The van der Waals surface area contributed by atoms with Crippen molar-refractivity contribution in [3.63, 3.8) is 0 Å². The summed E-state index contributed by atoms with van der Waals surface area (Å²) in [6.45, 7) is 3.87. The number of aromatic amines is 2. The number of nitrogens with one attached hydrogen (secondary N) is 2. The van der Waals surface area contributed by atoms with Crippen LogP contribution in [0.2, 0.25) is 0 Å². The lowest BCUT2D eigenvalue weighted by molar-refractivity contribution is 0.0600. The number of benzene rings is 1. The first-order valence-electron chi connectivity index (χ1n) is 7.58. The van der Waals surface area contributed by atoms with E-state index in [-0.39, 0.29) is 5.69 Å². The number of H-pyrrole nitrogens is 2. The number of nitrogens with zero attached hydrogens (tertiary/aromatic N) is 1. The molecule has 0 fully saturated rings. The van der Waals surface area contributed by atoms with E-state index < -0.39 is 5.97 Å². The zero-order chi connectivity index (χ0) is 16.6. The molecule has 0 spiro atoms. The van der Waals surface area contributed by atoms with Gasteiger partial charge in [-0.2, -0.15) is 0 Å². The van der Waals surface area contributed by atoms with Crippen LogP contribution in [0.4, 0.5) is 0 Å². The lowest BCUT2D eigenvalue weighted by Crippen LogP contribution is -2.18. The van der Waals surface area contributed by atoms with Crippen LogP contribution in [-0.4, -0.2) is 27.6 Å². The number of ether oxygens (including phenoxy) is 1. The number of rotatable bonds is 4. The average Bonchev–Trinajstić information content (AvgIpc) is 3.02. The molecule has 0 atom stereocenters. The SMILES string of the molecule is CCCc1[nH]c(C)c(C(=O)OC)c1-n1c(=O)[nH]c2ccccc21. The van der Waals surface area contributed by atoms with Crippen LogP contribution in [0.5, 0.6) is 0 Å². The Kier molecular flexibility index (Phi) is 3.82. The second-order valence-corrected chi connectivity index (χ2v) is 5.48. The van der Waals surface area contributed by atoms with E-state index >= 15 is 0 Å². The second kappa shape index (κ2) is 5.79. The van der Waals surface area contributed by atoms with Gasteiger partial charge in [-0.1, -0.05) is 25.5 Å². The van der Waals surface area contributed by atoms with Crippen molar-refractivity contribution in [2.75, 3.05) is 7.11 Å². The van der Waals surface area contributed by atoms with Gasteiger partial charge in [-0.25, -0.2) is 9.59 Å². The number of hydrogen-bond acceptors (Lipinski definition) is 3. The summed E-state index contributed by atoms with van der Waals surface area (Å²) in [6.07, 6.45) is 1.63. The van der Waals surface area contributed by atoms with Gasteiger partial charge in [-0.15, -0.1) is 0 Å². The summed E-state index contributed by atoms with van der Waals surface area (Å²) in [5.41, 5.74) is 3.74. The van der Waals surface area contributed by atoms with Crippen molar-refractivity contribution < 1.29 is 9.53 Å². The Labute approximate surface area is 133 Å². The molecule has 0 aliphatic rings. The minimum absolute atomic E-state index is 0.271. The molecular formula is C17H19N3O3. The van der Waals surface area contributed by atoms with Gasteiger partial charge in [0, 0.05) is 11.4 Å². The van der Waals surface area contributed by atoms with Gasteiger partial charge in [0.15, 0.2) is 0 Å². The van der Waals surface area contributed by atoms with Crippen LogP contribution < -0.4 is 5.69 Å². The maximum Gasteiger partial charge on any atom is 0.341 e. The number of hydrogen-bond donors (Lipinski definition) is 2. The highest BCUT2D eigenvalue weighted by molar-refractivity contribution is 5.96. The molecule has 0 bridgehead atoms. The highest BCUT2D eigenvalue weighted by Crippen LogP contribution is 2.27. The minimum atomic E-state index is -0.451. The lowest BCUT2D eigenvalue weighted by Gasteiger charge is -2.08. The highest BCUT2D eigenvalue weighted by atomic mass is 16.5. The van der Waals surface area contributed by atoms with Crippen molar-refractivity contribution in [1.29, 1.82) is 0 Å². The van der Waals surface area contributed by atoms with E-state index in [0.29, 0.717) is 16.9 Å². The van der Waals surface area contributed by atoms with Gasteiger partial charge in [-0.05, 0) is 25.5 Å². The molecule has 3 rings (SSSR count). The number of para-hydroxylation sites is 2. The van der Waals surface area contributed by atoms with Crippen molar-refractivity contribution in [3.05, 3.63) is 51.7 Å². The van der Waals surface area contributed by atoms with Crippen molar-refractivity contribution in [2.24, 2.45) is 0 Å². The Morgan fingerprint density at radius 3 is 2.70 bits per heavy atom. The first kappa shape index (κ1) is 15.1. The van der Waals surface area contributed by atoms with E-state index in [2.05, 4.69) is 16.9 Å². The van der Waals surface area contributed by atoms with Crippen molar-refractivity contribution in [3.8, 4) is 5.69 Å². The smallest absolute Gasteiger partial charge is 0.341 e. The molecule has 2 aromatic heterocycles. The molecule has 0 amide bonds. The van der Waals surface area contributed by atoms with E-state index in [9.17, 15) is 9.59 Å². The monoisotopic (exact) mass is 313 g/mol. The van der Waals surface area contributed by atoms with E-state index in [0.717, 1.165) is 29.6 Å². The number of carbonyl (C=O) groups is 1. The average molecular weight is 313 g/mol. The van der Waals surface area contributed by atoms with Crippen LogP contribution in [0.3, 0.4) is 0 Å². The molecule has 120 valence electrons. The molecule has 0 aliphatic heterocycles. The third-order valence-electron chi connectivity index (χ3n) is 3.94. The van der Waals surface area contributed by atoms with Crippen LogP contribution in [0.25, 0.3) is 16.7 Å². The predicted octanol–water partition coefficient (Wildman–Crippen LogP) is 2.69. The quantitative estimate of drug-likeness (QED) is 0.727. The summed E-state index contributed by atoms with van der Waals surface area (Å²) >= 11 is 0. The number of fused-ring (bicyclic) bond motifs is 1. The van der Waals surface area contributed by atoms with Crippen molar-refractivity contribution in [1.82, 2.24) is 14.5 Å². The van der Waals surface area contributed by atoms with Crippen molar-refractivity contribution >= 4 is 17.0 Å². The maximum atomic E-state index is 12.5. The molecule has 6 nitrogen and oxygen atoms in total. The molecule has 0 saturated heterocycles. The van der Waals surface area contributed by atoms with E-state index in [4.69, 9.17) is 4.74 Å². The number of methoxy groups -OCH3 is 1. The molecule has 3 aromatic rings. The normalized spacial score (nSPS) is 11.1. The van der Waals surface area contributed by atoms with Crippen LogP contribution >= 0.6 is 0 Å². The fourth-order valence-corrected chi connectivity index (χ4v) is 2.98. The Balaban J connectivity index is 2.39. The van der Waals surface area contributed by atoms with E-state index in [1.54, 1.807) is 4.57 Å². The zero-order valence-electron chi connectivity index (χ0n) is 13.4. The van der Waals surface area contributed by atoms with Crippen LogP contribution in [0, 0.1) is 6.92 Å². The third-order valence-corrected chi connectivity index (χ3v) is 3.94. The standard InChI is InChI=1S/C17H19N3O3/c1-4-7-12-15(14(10(2)18-12)16(21)23-3)20-13-9-6-5-8-11(13)19-17(20)22/h5-6,8-9,18H,4,7H2,1-3H3,(H,19,22). The van der Waals surface area contributed by atoms with E-state index in [1.165, 1.54) is 7.11 Å². The van der Waals surface area contributed by atoms with Gasteiger partial charge in [0.25, 0.3) is 0 Å². The van der Waals surface area contributed by atoms with Gasteiger partial charge >= 0.3 is 11.7 Å². The summed E-state index contributed by atoms with van der Waals surface area (Å²) in [7, 11) is 1.34. The fraction of sp³-hybridized carbons (Fsp3) is 0.294. The molecule has 6 heteroatoms. The largest absolute Gasteiger partial charge is 0.465 e. The third kappa shape index (κ3) is 2.36. The molecule has 0 aliphatic carbocycles. The fourth-order valence-electron chi connectivity index (χ4n) is 2.98.